The van der Waals surface area contributed by atoms with E-state index in [1.165, 1.54) is 17.3 Å². The first-order valence-electron chi connectivity index (χ1n) is 10.1. The van der Waals surface area contributed by atoms with E-state index in [0.717, 1.165) is 12.1 Å². The molecule has 4 rings (SSSR count). The molecule has 0 aliphatic carbocycles. The highest BCUT2D eigenvalue weighted by Gasteiger charge is 2.41. The molecule has 3 heterocycles. The number of rotatable bonds is 4. The van der Waals surface area contributed by atoms with Crippen molar-refractivity contribution in [1.82, 2.24) is 19.9 Å². The van der Waals surface area contributed by atoms with E-state index in [0.29, 0.717) is 36.1 Å². The first-order chi connectivity index (χ1) is 15.4. The molecule has 0 saturated carbocycles. The van der Waals surface area contributed by atoms with Crippen molar-refractivity contribution < 1.29 is 23.1 Å². The molecule has 1 aromatic carbocycles. The van der Waals surface area contributed by atoms with E-state index in [1.54, 1.807) is 6.07 Å². The molecule has 11 heteroatoms. The van der Waals surface area contributed by atoms with Crippen LogP contribution >= 0.6 is 11.6 Å². The molecule has 3 aromatic rings. The normalized spacial score (nSPS) is 15.0. The predicted octanol–water partition coefficient (Wildman–Crippen LogP) is 5.12. The van der Waals surface area contributed by atoms with Gasteiger partial charge in [0, 0.05) is 24.0 Å². The third-order valence-electron chi connectivity index (χ3n) is 6.16. The molecule has 1 saturated heterocycles. The van der Waals surface area contributed by atoms with Gasteiger partial charge in [-0.3, -0.25) is 0 Å². The molecule has 3 N–H and O–H groups in total. The first-order valence-corrected chi connectivity index (χ1v) is 10.5. The van der Waals surface area contributed by atoms with Crippen LogP contribution in [0.4, 0.5) is 23.8 Å². The number of hydrogen-bond acceptors (Lipinski definition) is 5. The SMILES string of the molecule is CC(C)(Cc1ncnc2cc(-c3nc(N)ccc3C(F)(F)F)c(Cl)cc12)C1CN(C(=O)O)C1. The Morgan fingerprint density at radius 2 is 1.94 bits per heavy atom. The Labute approximate surface area is 192 Å². The van der Waals surface area contributed by atoms with Gasteiger partial charge in [0.1, 0.15) is 12.1 Å². The molecule has 0 unspecified atom stereocenters. The molecular weight excluding hydrogens is 459 g/mol. The Morgan fingerprint density at radius 1 is 1.24 bits per heavy atom. The van der Waals surface area contributed by atoms with Gasteiger partial charge in [0.25, 0.3) is 0 Å². The second kappa shape index (κ2) is 8.02. The van der Waals surface area contributed by atoms with Gasteiger partial charge in [-0.25, -0.2) is 19.7 Å². The van der Waals surface area contributed by atoms with Crippen LogP contribution in [0.1, 0.15) is 25.1 Å². The standard InChI is InChI=1S/C22H21ClF3N5O2/c1-21(2,11-8-31(9-11)20(32)33)7-17-13-5-15(23)12(6-16(13)28-10-29-17)19-14(22(24,25)26)3-4-18(27)30-19/h3-6,10-11H,7-9H2,1-2H3,(H2,27,30)(H,32,33). The lowest BCUT2D eigenvalue weighted by Gasteiger charge is -2.46. The third kappa shape index (κ3) is 4.39. The quantitative estimate of drug-likeness (QED) is 0.537. The number of amides is 1. The minimum Gasteiger partial charge on any atom is -0.465 e. The lowest BCUT2D eigenvalue weighted by atomic mass is 9.71. The van der Waals surface area contributed by atoms with Crippen molar-refractivity contribution in [1.29, 1.82) is 0 Å². The maximum atomic E-state index is 13.6. The zero-order chi connectivity index (χ0) is 24.1. The predicted molar refractivity (Wildman–Crippen MR) is 118 cm³/mol. The van der Waals surface area contributed by atoms with E-state index < -0.39 is 17.8 Å². The lowest BCUT2D eigenvalue weighted by molar-refractivity contribution is -0.137. The average molecular weight is 480 g/mol. The number of carbonyl (C=O) groups is 1. The average Bonchev–Trinajstić information content (AvgIpc) is 2.65. The number of nitrogens with zero attached hydrogens (tertiary/aromatic N) is 4. The number of aromatic nitrogens is 3. The maximum Gasteiger partial charge on any atom is 0.418 e. The summed E-state index contributed by atoms with van der Waals surface area (Å²) in [5.41, 5.74) is 5.26. The van der Waals surface area contributed by atoms with Crippen molar-refractivity contribution in [2.75, 3.05) is 18.8 Å². The summed E-state index contributed by atoms with van der Waals surface area (Å²) < 4.78 is 40.7. The van der Waals surface area contributed by atoms with Gasteiger partial charge in [0.15, 0.2) is 0 Å². The van der Waals surface area contributed by atoms with Gasteiger partial charge in [-0.2, -0.15) is 13.2 Å². The Kier molecular flexibility index (Phi) is 5.60. The Hall–Kier alpha value is -3.14. The summed E-state index contributed by atoms with van der Waals surface area (Å²) in [6, 6.07) is 4.98. The number of hydrogen-bond donors (Lipinski definition) is 2. The van der Waals surface area contributed by atoms with Crippen molar-refractivity contribution in [3.05, 3.63) is 46.9 Å². The summed E-state index contributed by atoms with van der Waals surface area (Å²) in [6.45, 7) is 4.95. The van der Waals surface area contributed by atoms with Crippen LogP contribution in [-0.2, 0) is 12.6 Å². The van der Waals surface area contributed by atoms with Crippen LogP contribution in [0.3, 0.4) is 0 Å². The molecule has 0 spiro atoms. The lowest BCUT2D eigenvalue weighted by Crippen LogP contribution is -2.55. The number of nitrogens with two attached hydrogens (primary N) is 1. The number of carboxylic acid groups (broad SMARTS) is 1. The van der Waals surface area contributed by atoms with E-state index in [1.807, 2.05) is 13.8 Å². The topological polar surface area (TPSA) is 105 Å². The van der Waals surface area contributed by atoms with Crippen molar-refractivity contribution in [3.8, 4) is 11.3 Å². The van der Waals surface area contributed by atoms with Gasteiger partial charge in [-0.15, -0.1) is 0 Å². The van der Waals surface area contributed by atoms with Crippen LogP contribution in [0.15, 0.2) is 30.6 Å². The smallest absolute Gasteiger partial charge is 0.418 e. The monoisotopic (exact) mass is 479 g/mol. The molecule has 33 heavy (non-hydrogen) atoms. The van der Waals surface area contributed by atoms with Crippen molar-refractivity contribution in [3.63, 3.8) is 0 Å². The van der Waals surface area contributed by atoms with E-state index in [-0.39, 0.29) is 33.4 Å². The maximum absolute atomic E-state index is 13.6. The fraction of sp³-hybridized carbons (Fsp3) is 0.364. The van der Waals surface area contributed by atoms with Gasteiger partial charge in [0.2, 0.25) is 0 Å². The van der Waals surface area contributed by atoms with Crippen LogP contribution in [0.2, 0.25) is 5.02 Å². The van der Waals surface area contributed by atoms with Gasteiger partial charge in [-0.1, -0.05) is 25.4 Å². The summed E-state index contributed by atoms with van der Waals surface area (Å²) in [5, 5.41) is 9.78. The van der Waals surface area contributed by atoms with Crippen LogP contribution in [-0.4, -0.2) is 44.1 Å². The second-order valence-corrected chi connectivity index (χ2v) is 9.26. The number of alkyl halides is 3. The molecule has 174 valence electrons. The molecule has 1 fully saturated rings. The van der Waals surface area contributed by atoms with Gasteiger partial charge >= 0.3 is 12.3 Å². The Morgan fingerprint density at radius 3 is 2.58 bits per heavy atom. The summed E-state index contributed by atoms with van der Waals surface area (Å²) in [5.74, 6) is 0.0920. The molecule has 2 aromatic heterocycles. The largest absolute Gasteiger partial charge is 0.465 e. The van der Waals surface area contributed by atoms with E-state index in [4.69, 9.17) is 22.4 Å². The van der Waals surface area contributed by atoms with Crippen molar-refractivity contribution >= 4 is 34.4 Å². The van der Waals surface area contributed by atoms with Gasteiger partial charge in [-0.05, 0) is 42.0 Å². The number of likely N-dealkylation sites (tertiary alicyclic amines) is 1. The fourth-order valence-corrected chi connectivity index (χ4v) is 4.32. The summed E-state index contributed by atoms with van der Waals surface area (Å²) in [6.07, 6.45) is -3.71. The first kappa shape index (κ1) is 23.0. The van der Waals surface area contributed by atoms with Crippen LogP contribution in [0, 0.1) is 11.3 Å². The molecule has 0 bridgehead atoms. The van der Waals surface area contributed by atoms with Crippen molar-refractivity contribution in [2.45, 2.75) is 26.4 Å². The number of halogens is 4. The fourth-order valence-electron chi connectivity index (χ4n) is 4.07. The highest BCUT2D eigenvalue weighted by Crippen LogP contribution is 2.42. The van der Waals surface area contributed by atoms with Crippen molar-refractivity contribution in [2.24, 2.45) is 11.3 Å². The van der Waals surface area contributed by atoms with Crippen LogP contribution in [0.5, 0.6) is 0 Å². The highest BCUT2D eigenvalue weighted by molar-refractivity contribution is 6.34. The highest BCUT2D eigenvalue weighted by atomic mass is 35.5. The van der Waals surface area contributed by atoms with E-state index in [2.05, 4.69) is 15.0 Å². The van der Waals surface area contributed by atoms with Crippen LogP contribution in [0.25, 0.3) is 22.2 Å². The number of anilines is 1. The van der Waals surface area contributed by atoms with E-state index >= 15 is 0 Å². The summed E-state index contributed by atoms with van der Waals surface area (Å²) in [4.78, 5) is 25.0. The second-order valence-electron chi connectivity index (χ2n) is 8.85. The number of pyridine rings is 1. The zero-order valence-electron chi connectivity index (χ0n) is 17.8. The molecule has 7 nitrogen and oxygen atoms in total. The third-order valence-corrected chi connectivity index (χ3v) is 6.48. The Bertz CT molecular complexity index is 1240. The van der Waals surface area contributed by atoms with Gasteiger partial charge < -0.3 is 15.7 Å². The minimum absolute atomic E-state index is 0.0600. The molecule has 1 aliphatic rings. The molecule has 1 amide bonds. The molecule has 1 aliphatic heterocycles. The minimum atomic E-state index is -4.64. The van der Waals surface area contributed by atoms with Crippen LogP contribution < -0.4 is 5.73 Å². The Balaban J connectivity index is 1.73. The summed E-state index contributed by atoms with van der Waals surface area (Å²) in [7, 11) is 0. The van der Waals surface area contributed by atoms with E-state index in [9.17, 15) is 18.0 Å². The molecule has 0 radical (unpaired) electrons. The zero-order valence-corrected chi connectivity index (χ0v) is 18.6. The number of nitrogen functional groups attached to an aromatic ring is 1. The molecule has 0 atom stereocenters. The number of benzene rings is 1. The number of fused-ring (bicyclic) bond motifs is 1. The summed E-state index contributed by atoms with van der Waals surface area (Å²) >= 11 is 6.43. The molecular formula is C22H21ClF3N5O2. The van der Waals surface area contributed by atoms with Gasteiger partial charge in [0.05, 0.1) is 27.5 Å².